The molecule has 0 radical (unpaired) electrons. The van der Waals surface area contributed by atoms with Gasteiger partial charge in [0.25, 0.3) is 0 Å². The standard InChI is InChI=1S/C17H22N4OSi/c1-23(2,3)10-9-22-13-21-16-12-19-8-6-15(16)17(20-21)14-5-4-7-18-11-14/h4-8,11-12H,9-10,13H2,1-3H3. The lowest BCUT2D eigenvalue weighted by molar-refractivity contribution is 0.0818. The summed E-state index contributed by atoms with van der Waals surface area (Å²) in [7, 11) is -1.07. The lowest BCUT2D eigenvalue weighted by Crippen LogP contribution is -2.22. The highest BCUT2D eigenvalue weighted by atomic mass is 28.3. The van der Waals surface area contributed by atoms with E-state index in [0.717, 1.165) is 34.8 Å². The van der Waals surface area contributed by atoms with Gasteiger partial charge in [-0.25, -0.2) is 4.68 Å². The number of rotatable bonds is 6. The maximum absolute atomic E-state index is 5.84. The van der Waals surface area contributed by atoms with Crippen molar-refractivity contribution in [2.24, 2.45) is 0 Å². The van der Waals surface area contributed by atoms with Gasteiger partial charge in [-0.3, -0.25) is 9.97 Å². The van der Waals surface area contributed by atoms with Crippen molar-refractivity contribution in [3.05, 3.63) is 43.0 Å². The molecule has 0 aliphatic carbocycles. The van der Waals surface area contributed by atoms with E-state index < -0.39 is 8.07 Å². The topological polar surface area (TPSA) is 52.8 Å². The number of nitrogens with zero attached hydrogens (tertiary/aromatic N) is 4. The Bertz CT molecular complexity index is 780. The third-order valence-corrected chi connectivity index (χ3v) is 5.40. The molecular formula is C17H22N4OSi. The van der Waals surface area contributed by atoms with E-state index in [1.165, 1.54) is 0 Å². The van der Waals surface area contributed by atoms with E-state index in [0.29, 0.717) is 6.73 Å². The van der Waals surface area contributed by atoms with Gasteiger partial charge in [0.05, 0.1) is 11.7 Å². The van der Waals surface area contributed by atoms with Crippen LogP contribution in [-0.2, 0) is 11.5 Å². The van der Waals surface area contributed by atoms with Crippen LogP contribution in [0.1, 0.15) is 0 Å². The highest BCUT2D eigenvalue weighted by Gasteiger charge is 2.14. The largest absolute Gasteiger partial charge is 0.360 e. The smallest absolute Gasteiger partial charge is 0.140 e. The van der Waals surface area contributed by atoms with Crippen LogP contribution in [0.3, 0.4) is 0 Å². The molecule has 120 valence electrons. The first kappa shape index (κ1) is 15.8. The van der Waals surface area contributed by atoms with E-state index in [1.807, 2.05) is 35.3 Å². The highest BCUT2D eigenvalue weighted by Crippen LogP contribution is 2.26. The van der Waals surface area contributed by atoms with Gasteiger partial charge < -0.3 is 4.74 Å². The molecule has 0 saturated heterocycles. The maximum Gasteiger partial charge on any atom is 0.140 e. The Kier molecular flexibility index (Phi) is 4.54. The SMILES string of the molecule is C[Si](C)(C)CCOCn1nc(-c2cccnc2)c2ccncc21. The van der Waals surface area contributed by atoms with E-state index in [2.05, 4.69) is 29.6 Å². The molecule has 0 spiro atoms. The molecule has 0 saturated carbocycles. The number of aromatic nitrogens is 4. The Balaban J connectivity index is 1.84. The molecule has 3 aromatic rings. The fourth-order valence-electron chi connectivity index (χ4n) is 2.36. The van der Waals surface area contributed by atoms with Crippen molar-refractivity contribution < 1.29 is 4.74 Å². The average Bonchev–Trinajstić information content (AvgIpc) is 2.91. The molecule has 0 fully saturated rings. The van der Waals surface area contributed by atoms with Gasteiger partial charge in [0, 0.05) is 44.2 Å². The van der Waals surface area contributed by atoms with Crippen molar-refractivity contribution in [3.63, 3.8) is 0 Å². The van der Waals surface area contributed by atoms with Crippen LogP contribution >= 0.6 is 0 Å². The van der Waals surface area contributed by atoms with Crippen molar-refractivity contribution in [2.75, 3.05) is 6.61 Å². The molecule has 0 bridgehead atoms. The molecule has 3 aromatic heterocycles. The second-order valence-electron chi connectivity index (χ2n) is 6.83. The third-order valence-electron chi connectivity index (χ3n) is 3.70. The minimum atomic E-state index is -1.07. The first-order valence-corrected chi connectivity index (χ1v) is 11.5. The second kappa shape index (κ2) is 6.60. The summed E-state index contributed by atoms with van der Waals surface area (Å²) in [5.74, 6) is 0. The zero-order valence-electron chi connectivity index (χ0n) is 13.9. The van der Waals surface area contributed by atoms with E-state index >= 15 is 0 Å². The molecule has 0 N–H and O–H groups in total. The van der Waals surface area contributed by atoms with Crippen LogP contribution in [0.25, 0.3) is 22.2 Å². The zero-order valence-corrected chi connectivity index (χ0v) is 14.9. The Morgan fingerprint density at radius 1 is 1.09 bits per heavy atom. The van der Waals surface area contributed by atoms with E-state index in [-0.39, 0.29) is 0 Å². The fourth-order valence-corrected chi connectivity index (χ4v) is 3.12. The van der Waals surface area contributed by atoms with Crippen LogP contribution in [0, 0.1) is 0 Å². The lowest BCUT2D eigenvalue weighted by Gasteiger charge is -2.15. The van der Waals surface area contributed by atoms with Crippen molar-refractivity contribution in [2.45, 2.75) is 32.4 Å². The monoisotopic (exact) mass is 326 g/mol. The molecule has 0 aliphatic rings. The predicted molar refractivity (Wildman–Crippen MR) is 94.9 cm³/mol. The van der Waals surface area contributed by atoms with Crippen LogP contribution in [-0.4, -0.2) is 34.4 Å². The normalized spacial score (nSPS) is 12.0. The van der Waals surface area contributed by atoms with Crippen molar-refractivity contribution in [1.82, 2.24) is 19.7 Å². The number of pyridine rings is 2. The Labute approximate surface area is 137 Å². The summed E-state index contributed by atoms with van der Waals surface area (Å²) in [5, 5.41) is 5.79. The van der Waals surface area contributed by atoms with Crippen LogP contribution in [0.2, 0.25) is 25.7 Å². The molecule has 0 aromatic carbocycles. The maximum atomic E-state index is 5.84. The molecular weight excluding hydrogens is 304 g/mol. The van der Waals surface area contributed by atoms with Crippen LogP contribution in [0.15, 0.2) is 43.0 Å². The Hall–Kier alpha value is -2.05. The third kappa shape index (κ3) is 3.83. The highest BCUT2D eigenvalue weighted by molar-refractivity contribution is 6.76. The molecule has 5 nitrogen and oxygen atoms in total. The summed E-state index contributed by atoms with van der Waals surface area (Å²) >= 11 is 0. The summed E-state index contributed by atoms with van der Waals surface area (Å²) in [4.78, 5) is 8.41. The predicted octanol–water partition coefficient (Wildman–Crippen LogP) is 3.81. The van der Waals surface area contributed by atoms with E-state index in [1.54, 1.807) is 12.4 Å². The van der Waals surface area contributed by atoms with E-state index in [4.69, 9.17) is 9.84 Å². The minimum Gasteiger partial charge on any atom is -0.360 e. The van der Waals surface area contributed by atoms with Gasteiger partial charge in [-0.05, 0) is 24.2 Å². The van der Waals surface area contributed by atoms with Gasteiger partial charge in [-0.15, -0.1) is 0 Å². The summed E-state index contributed by atoms with van der Waals surface area (Å²) < 4.78 is 7.73. The first-order valence-electron chi connectivity index (χ1n) is 7.83. The lowest BCUT2D eigenvalue weighted by atomic mass is 10.1. The van der Waals surface area contributed by atoms with Crippen molar-refractivity contribution in [1.29, 1.82) is 0 Å². The Morgan fingerprint density at radius 2 is 1.91 bits per heavy atom. The number of hydrogen-bond donors (Lipinski definition) is 0. The van der Waals surface area contributed by atoms with Gasteiger partial charge in [0.15, 0.2) is 0 Å². The summed E-state index contributed by atoms with van der Waals surface area (Å²) in [5.41, 5.74) is 2.91. The van der Waals surface area contributed by atoms with Gasteiger partial charge in [0.1, 0.15) is 12.4 Å². The number of hydrogen-bond acceptors (Lipinski definition) is 4. The fraction of sp³-hybridized carbons (Fsp3) is 0.353. The number of fused-ring (bicyclic) bond motifs is 1. The van der Waals surface area contributed by atoms with Gasteiger partial charge in [0.2, 0.25) is 0 Å². The minimum absolute atomic E-state index is 0.451. The molecule has 3 heterocycles. The molecule has 0 aliphatic heterocycles. The summed E-state index contributed by atoms with van der Waals surface area (Å²) in [6, 6.07) is 7.08. The van der Waals surface area contributed by atoms with Gasteiger partial charge in [-0.2, -0.15) is 5.10 Å². The van der Waals surface area contributed by atoms with Crippen LogP contribution in [0.5, 0.6) is 0 Å². The van der Waals surface area contributed by atoms with Crippen LogP contribution in [0.4, 0.5) is 0 Å². The number of ether oxygens (including phenoxy) is 1. The van der Waals surface area contributed by atoms with E-state index in [9.17, 15) is 0 Å². The van der Waals surface area contributed by atoms with Crippen molar-refractivity contribution >= 4 is 19.0 Å². The van der Waals surface area contributed by atoms with Crippen LogP contribution < -0.4 is 0 Å². The molecule has 23 heavy (non-hydrogen) atoms. The molecule has 3 rings (SSSR count). The average molecular weight is 326 g/mol. The molecule has 0 amide bonds. The molecule has 0 unspecified atom stereocenters. The van der Waals surface area contributed by atoms with Crippen molar-refractivity contribution in [3.8, 4) is 11.3 Å². The quantitative estimate of drug-likeness (QED) is 0.510. The summed E-state index contributed by atoms with van der Waals surface area (Å²) in [6.45, 7) is 8.28. The summed E-state index contributed by atoms with van der Waals surface area (Å²) in [6.07, 6.45) is 7.23. The molecule has 6 heteroatoms. The Morgan fingerprint density at radius 3 is 2.65 bits per heavy atom. The zero-order chi connectivity index (χ0) is 16.3. The van der Waals surface area contributed by atoms with Gasteiger partial charge >= 0.3 is 0 Å². The molecule has 0 atom stereocenters. The first-order chi connectivity index (χ1) is 11.0. The second-order valence-corrected chi connectivity index (χ2v) is 12.5. The van der Waals surface area contributed by atoms with Gasteiger partial charge in [-0.1, -0.05) is 19.6 Å².